The van der Waals surface area contributed by atoms with E-state index in [1.54, 1.807) is 11.1 Å². The van der Waals surface area contributed by atoms with E-state index in [4.69, 9.17) is 0 Å². The van der Waals surface area contributed by atoms with E-state index in [0.29, 0.717) is 25.2 Å². The van der Waals surface area contributed by atoms with Gasteiger partial charge in [-0.15, -0.1) is 0 Å². The lowest BCUT2D eigenvalue weighted by Gasteiger charge is -2.34. The standard InChI is InChI=1S/C25H33N5O2/c1-3-12-30(25(32)23-20-26-21(2)19-27-23)14-11-24(31)29-17-15-28(16-18-29)13-7-10-22-8-5-4-6-9-22/h4-10,19-20H,3,11-18H2,1-2H3. The molecule has 1 aliphatic rings. The minimum atomic E-state index is -0.165. The highest BCUT2D eigenvalue weighted by atomic mass is 16.2. The SMILES string of the molecule is CCCN(CCC(=O)N1CCN(CC=Cc2ccccc2)CC1)C(=O)c1cnc(C)cn1. The lowest BCUT2D eigenvalue weighted by atomic mass is 10.2. The maximum absolute atomic E-state index is 12.8. The number of hydrogen-bond acceptors (Lipinski definition) is 5. The van der Waals surface area contributed by atoms with E-state index in [1.165, 1.54) is 11.8 Å². The summed E-state index contributed by atoms with van der Waals surface area (Å²) in [5.41, 5.74) is 2.30. The van der Waals surface area contributed by atoms with Gasteiger partial charge in [-0.2, -0.15) is 0 Å². The second-order valence-electron chi connectivity index (χ2n) is 8.08. The highest BCUT2D eigenvalue weighted by Crippen LogP contribution is 2.08. The number of benzene rings is 1. The molecule has 1 aliphatic heterocycles. The predicted octanol–water partition coefficient (Wildman–Crippen LogP) is 2.88. The average Bonchev–Trinajstić information content (AvgIpc) is 2.83. The van der Waals surface area contributed by atoms with E-state index in [-0.39, 0.29) is 11.8 Å². The lowest BCUT2D eigenvalue weighted by Crippen LogP contribution is -2.49. The number of nitrogens with zero attached hydrogens (tertiary/aromatic N) is 5. The van der Waals surface area contributed by atoms with Gasteiger partial charge in [0, 0.05) is 58.4 Å². The largest absolute Gasteiger partial charge is 0.340 e. The van der Waals surface area contributed by atoms with Crippen molar-refractivity contribution in [2.24, 2.45) is 0 Å². The Bertz CT molecular complexity index is 890. The first-order valence-electron chi connectivity index (χ1n) is 11.4. The van der Waals surface area contributed by atoms with Crippen molar-refractivity contribution in [2.45, 2.75) is 26.7 Å². The monoisotopic (exact) mass is 435 g/mol. The molecule has 0 spiro atoms. The maximum atomic E-state index is 12.8. The van der Waals surface area contributed by atoms with Gasteiger partial charge in [0.25, 0.3) is 5.91 Å². The molecule has 7 nitrogen and oxygen atoms in total. The molecule has 0 radical (unpaired) electrons. The van der Waals surface area contributed by atoms with E-state index in [1.807, 2.05) is 36.9 Å². The zero-order valence-electron chi connectivity index (χ0n) is 19.1. The second kappa shape index (κ2) is 12.1. The average molecular weight is 436 g/mol. The molecular formula is C25H33N5O2. The van der Waals surface area contributed by atoms with Gasteiger partial charge >= 0.3 is 0 Å². The fourth-order valence-corrected chi connectivity index (χ4v) is 3.72. The van der Waals surface area contributed by atoms with Crippen LogP contribution in [0.5, 0.6) is 0 Å². The molecule has 170 valence electrons. The van der Waals surface area contributed by atoms with Gasteiger partial charge in [0.1, 0.15) is 5.69 Å². The van der Waals surface area contributed by atoms with Crippen LogP contribution in [0, 0.1) is 6.92 Å². The first kappa shape index (κ1) is 23.6. The van der Waals surface area contributed by atoms with Crippen LogP contribution < -0.4 is 0 Å². The molecule has 2 heterocycles. The third kappa shape index (κ3) is 6.99. The van der Waals surface area contributed by atoms with Crippen LogP contribution in [0.1, 0.15) is 41.5 Å². The molecule has 0 atom stereocenters. The van der Waals surface area contributed by atoms with Crippen molar-refractivity contribution in [3.8, 4) is 0 Å². The summed E-state index contributed by atoms with van der Waals surface area (Å²) in [6.07, 6.45) is 8.57. The Labute approximate surface area is 190 Å². The Morgan fingerprint density at radius 1 is 1.03 bits per heavy atom. The second-order valence-corrected chi connectivity index (χ2v) is 8.08. The molecule has 0 aliphatic carbocycles. The van der Waals surface area contributed by atoms with Gasteiger partial charge in [0.05, 0.1) is 11.9 Å². The highest BCUT2D eigenvalue weighted by molar-refractivity contribution is 5.92. The molecule has 2 amide bonds. The molecule has 1 aromatic heterocycles. The molecule has 1 aromatic carbocycles. The number of carbonyl (C=O) groups is 2. The van der Waals surface area contributed by atoms with E-state index >= 15 is 0 Å². The Kier molecular flexibility index (Phi) is 8.92. The molecule has 0 saturated carbocycles. The third-order valence-electron chi connectivity index (χ3n) is 5.57. The number of carbonyl (C=O) groups excluding carboxylic acids is 2. The third-order valence-corrected chi connectivity index (χ3v) is 5.57. The van der Waals surface area contributed by atoms with Crippen LogP contribution in [0.2, 0.25) is 0 Å². The minimum Gasteiger partial charge on any atom is -0.340 e. The predicted molar refractivity (Wildman–Crippen MR) is 126 cm³/mol. The van der Waals surface area contributed by atoms with E-state index in [2.05, 4.69) is 39.2 Å². The summed E-state index contributed by atoms with van der Waals surface area (Å²) in [6.45, 7) is 8.92. The van der Waals surface area contributed by atoms with Crippen LogP contribution >= 0.6 is 0 Å². The van der Waals surface area contributed by atoms with E-state index in [0.717, 1.165) is 44.8 Å². The van der Waals surface area contributed by atoms with E-state index < -0.39 is 0 Å². The fraction of sp³-hybridized carbons (Fsp3) is 0.440. The maximum Gasteiger partial charge on any atom is 0.274 e. The van der Waals surface area contributed by atoms with Crippen LogP contribution in [0.4, 0.5) is 0 Å². The summed E-state index contributed by atoms with van der Waals surface area (Å²) >= 11 is 0. The van der Waals surface area contributed by atoms with Crippen molar-refractivity contribution in [1.82, 2.24) is 24.7 Å². The summed E-state index contributed by atoms with van der Waals surface area (Å²) < 4.78 is 0. The fourth-order valence-electron chi connectivity index (χ4n) is 3.72. The normalized spacial score (nSPS) is 14.6. The quantitative estimate of drug-likeness (QED) is 0.606. The van der Waals surface area contributed by atoms with Crippen LogP contribution in [-0.2, 0) is 4.79 Å². The molecule has 0 N–H and O–H groups in total. The summed E-state index contributed by atoms with van der Waals surface area (Å²) in [7, 11) is 0. The minimum absolute atomic E-state index is 0.105. The number of aryl methyl sites for hydroxylation is 1. The topological polar surface area (TPSA) is 69.6 Å². The van der Waals surface area contributed by atoms with Gasteiger partial charge in [0.15, 0.2) is 0 Å². The number of hydrogen-bond donors (Lipinski definition) is 0. The van der Waals surface area contributed by atoms with Gasteiger partial charge in [0.2, 0.25) is 5.91 Å². The number of amides is 2. The highest BCUT2D eigenvalue weighted by Gasteiger charge is 2.23. The molecule has 1 fully saturated rings. The van der Waals surface area contributed by atoms with Gasteiger partial charge in [-0.3, -0.25) is 19.5 Å². The Balaban J connectivity index is 1.43. The van der Waals surface area contributed by atoms with Crippen molar-refractivity contribution in [3.05, 3.63) is 65.8 Å². The molecule has 0 bridgehead atoms. The molecule has 3 rings (SSSR count). The van der Waals surface area contributed by atoms with Crippen molar-refractivity contribution in [1.29, 1.82) is 0 Å². The molecule has 7 heteroatoms. The Hall–Kier alpha value is -3.06. The summed E-state index contributed by atoms with van der Waals surface area (Å²) in [6, 6.07) is 10.3. The number of aromatic nitrogens is 2. The summed E-state index contributed by atoms with van der Waals surface area (Å²) in [4.78, 5) is 39.8. The zero-order chi connectivity index (χ0) is 22.8. The van der Waals surface area contributed by atoms with Crippen molar-refractivity contribution in [3.63, 3.8) is 0 Å². The summed E-state index contributed by atoms with van der Waals surface area (Å²) in [5, 5.41) is 0. The van der Waals surface area contributed by atoms with E-state index in [9.17, 15) is 9.59 Å². The van der Waals surface area contributed by atoms with Gasteiger partial charge in [-0.05, 0) is 18.9 Å². The first-order chi connectivity index (χ1) is 15.6. The van der Waals surface area contributed by atoms with Gasteiger partial charge in [-0.1, -0.05) is 49.4 Å². The summed E-state index contributed by atoms with van der Waals surface area (Å²) in [5.74, 6) is -0.0597. The van der Waals surface area contributed by atoms with Crippen LogP contribution in [0.15, 0.2) is 48.8 Å². The van der Waals surface area contributed by atoms with Crippen molar-refractivity contribution in [2.75, 3.05) is 45.8 Å². The smallest absolute Gasteiger partial charge is 0.274 e. The number of rotatable bonds is 9. The van der Waals surface area contributed by atoms with Gasteiger partial charge < -0.3 is 9.80 Å². The van der Waals surface area contributed by atoms with Crippen molar-refractivity contribution < 1.29 is 9.59 Å². The Morgan fingerprint density at radius 2 is 1.78 bits per heavy atom. The first-order valence-corrected chi connectivity index (χ1v) is 11.4. The Morgan fingerprint density at radius 3 is 2.44 bits per heavy atom. The van der Waals surface area contributed by atoms with Gasteiger partial charge in [-0.25, -0.2) is 4.98 Å². The lowest BCUT2D eigenvalue weighted by molar-refractivity contribution is -0.133. The molecule has 1 saturated heterocycles. The van der Waals surface area contributed by atoms with Crippen LogP contribution in [0.25, 0.3) is 6.08 Å². The molecular weight excluding hydrogens is 402 g/mol. The zero-order valence-corrected chi connectivity index (χ0v) is 19.1. The number of piperazine rings is 1. The van der Waals surface area contributed by atoms with Crippen LogP contribution in [0.3, 0.4) is 0 Å². The van der Waals surface area contributed by atoms with Crippen molar-refractivity contribution >= 4 is 17.9 Å². The molecule has 2 aromatic rings. The molecule has 0 unspecified atom stereocenters. The molecule has 32 heavy (non-hydrogen) atoms. The van der Waals surface area contributed by atoms with Crippen LogP contribution in [-0.4, -0.2) is 82.3 Å².